The van der Waals surface area contributed by atoms with E-state index in [0.29, 0.717) is 24.2 Å². The number of benzene rings is 1. The lowest BCUT2D eigenvalue weighted by Gasteiger charge is -2.06. The molecule has 0 saturated heterocycles. The fourth-order valence-corrected chi connectivity index (χ4v) is 2.37. The second-order valence-corrected chi connectivity index (χ2v) is 4.84. The summed E-state index contributed by atoms with van der Waals surface area (Å²) in [6.07, 6.45) is 1.53. The largest absolute Gasteiger partial charge is 0.350 e. The number of rotatable bonds is 4. The Balaban J connectivity index is 1.64. The van der Waals surface area contributed by atoms with Gasteiger partial charge in [0.25, 0.3) is 11.5 Å². The number of amides is 1. The number of carbonyl (C=O) groups excluding carboxylic acids is 1. The molecule has 0 atom stereocenters. The van der Waals surface area contributed by atoms with Crippen LogP contribution in [0.2, 0.25) is 0 Å². The number of fused-ring (bicyclic) bond motifs is 1. The predicted molar refractivity (Wildman–Crippen MR) is 78.2 cm³/mol. The van der Waals surface area contributed by atoms with Crippen LogP contribution in [0.1, 0.15) is 10.4 Å². The average Bonchev–Trinajstić information content (AvgIpc) is 2.96. The van der Waals surface area contributed by atoms with Gasteiger partial charge in [-0.2, -0.15) is 13.8 Å². The van der Waals surface area contributed by atoms with E-state index in [2.05, 4.69) is 19.2 Å². The molecule has 0 unspecified atom stereocenters. The van der Waals surface area contributed by atoms with Crippen molar-refractivity contribution in [2.24, 2.45) is 0 Å². The van der Waals surface area contributed by atoms with Gasteiger partial charge in [0.1, 0.15) is 11.0 Å². The molecule has 3 rings (SSSR count). The molecular formula is C13H11N5O2S. The minimum atomic E-state index is -0.214. The van der Waals surface area contributed by atoms with Crippen LogP contribution in [-0.2, 0) is 6.54 Å². The molecule has 0 radical (unpaired) electrons. The van der Waals surface area contributed by atoms with Crippen molar-refractivity contribution in [2.75, 3.05) is 6.54 Å². The quantitative estimate of drug-likeness (QED) is 0.765. The molecule has 106 valence electrons. The van der Waals surface area contributed by atoms with Crippen LogP contribution in [0.4, 0.5) is 0 Å². The van der Waals surface area contributed by atoms with Gasteiger partial charge >= 0.3 is 0 Å². The third-order valence-electron chi connectivity index (χ3n) is 2.91. The van der Waals surface area contributed by atoms with E-state index < -0.39 is 0 Å². The molecule has 2 heterocycles. The van der Waals surface area contributed by atoms with Crippen molar-refractivity contribution in [1.29, 1.82) is 0 Å². The average molecular weight is 301 g/mol. The zero-order valence-corrected chi connectivity index (χ0v) is 11.7. The third-order valence-corrected chi connectivity index (χ3v) is 3.47. The van der Waals surface area contributed by atoms with Crippen molar-refractivity contribution >= 4 is 28.7 Å². The molecule has 0 bridgehead atoms. The van der Waals surface area contributed by atoms with Crippen molar-refractivity contribution in [3.8, 4) is 0 Å². The van der Waals surface area contributed by atoms with Crippen molar-refractivity contribution in [3.05, 3.63) is 52.4 Å². The lowest BCUT2D eigenvalue weighted by molar-refractivity contribution is 0.0952. The Morgan fingerprint density at radius 3 is 2.95 bits per heavy atom. The highest BCUT2D eigenvalue weighted by molar-refractivity contribution is 7.00. The summed E-state index contributed by atoms with van der Waals surface area (Å²) in [7, 11) is 0. The second kappa shape index (κ2) is 5.80. The monoisotopic (exact) mass is 301 g/mol. The normalized spacial score (nSPS) is 10.7. The summed E-state index contributed by atoms with van der Waals surface area (Å²) < 4.78 is 9.48. The SMILES string of the molecule is O=C(NCCn1ncccc1=O)c1ccc2nsnc2c1. The van der Waals surface area contributed by atoms with E-state index in [-0.39, 0.29) is 11.5 Å². The molecule has 21 heavy (non-hydrogen) atoms. The number of hydrogen-bond donors (Lipinski definition) is 1. The summed E-state index contributed by atoms with van der Waals surface area (Å²) in [6, 6.07) is 8.16. The molecule has 8 heteroatoms. The summed E-state index contributed by atoms with van der Waals surface area (Å²) >= 11 is 1.11. The fraction of sp³-hybridized carbons (Fsp3) is 0.154. The topological polar surface area (TPSA) is 89.8 Å². The first-order chi connectivity index (χ1) is 10.2. The summed E-state index contributed by atoms with van der Waals surface area (Å²) in [6.45, 7) is 0.648. The Morgan fingerprint density at radius 2 is 2.10 bits per heavy atom. The van der Waals surface area contributed by atoms with Crippen molar-refractivity contribution < 1.29 is 4.79 Å². The molecule has 1 N–H and O–H groups in total. The van der Waals surface area contributed by atoms with E-state index >= 15 is 0 Å². The molecule has 1 aromatic carbocycles. The highest BCUT2D eigenvalue weighted by Crippen LogP contribution is 2.13. The Kier molecular flexibility index (Phi) is 3.69. The Bertz CT molecular complexity index is 841. The van der Waals surface area contributed by atoms with Crippen LogP contribution in [0.15, 0.2) is 41.3 Å². The third kappa shape index (κ3) is 2.95. The van der Waals surface area contributed by atoms with Crippen molar-refractivity contribution in [3.63, 3.8) is 0 Å². The molecule has 3 aromatic rings. The number of carbonyl (C=O) groups is 1. The Morgan fingerprint density at radius 1 is 1.24 bits per heavy atom. The van der Waals surface area contributed by atoms with Gasteiger partial charge in [-0.3, -0.25) is 9.59 Å². The van der Waals surface area contributed by atoms with E-state index in [4.69, 9.17) is 0 Å². The molecular weight excluding hydrogens is 290 g/mol. The van der Waals surface area contributed by atoms with E-state index in [1.165, 1.54) is 16.9 Å². The van der Waals surface area contributed by atoms with Crippen LogP contribution in [0.5, 0.6) is 0 Å². The molecule has 0 aliphatic heterocycles. The van der Waals surface area contributed by atoms with Gasteiger partial charge in [-0.05, 0) is 24.3 Å². The maximum atomic E-state index is 12.0. The van der Waals surface area contributed by atoms with Gasteiger partial charge in [-0.25, -0.2) is 4.68 Å². The van der Waals surface area contributed by atoms with Gasteiger partial charge in [0.2, 0.25) is 0 Å². The van der Waals surface area contributed by atoms with Crippen LogP contribution in [-0.4, -0.2) is 31.0 Å². The maximum Gasteiger partial charge on any atom is 0.266 e. The van der Waals surface area contributed by atoms with E-state index in [1.807, 2.05) is 0 Å². The molecule has 0 saturated carbocycles. The van der Waals surface area contributed by atoms with Crippen LogP contribution >= 0.6 is 11.7 Å². The molecule has 2 aromatic heterocycles. The zero-order valence-electron chi connectivity index (χ0n) is 10.9. The Hall–Kier alpha value is -2.61. The molecule has 1 amide bonds. The molecule has 0 fully saturated rings. The van der Waals surface area contributed by atoms with Crippen LogP contribution in [0, 0.1) is 0 Å². The molecule has 7 nitrogen and oxygen atoms in total. The number of nitrogens with zero attached hydrogens (tertiary/aromatic N) is 4. The number of nitrogens with one attached hydrogen (secondary N) is 1. The first-order valence-corrected chi connectivity index (χ1v) is 7.00. The zero-order chi connectivity index (χ0) is 14.7. The minimum absolute atomic E-state index is 0.193. The Labute approximate surface area is 123 Å². The fourth-order valence-electron chi connectivity index (χ4n) is 1.86. The maximum absolute atomic E-state index is 12.0. The van der Waals surface area contributed by atoms with Crippen LogP contribution < -0.4 is 10.9 Å². The van der Waals surface area contributed by atoms with Gasteiger partial charge < -0.3 is 5.32 Å². The number of hydrogen-bond acceptors (Lipinski definition) is 6. The molecule has 0 aliphatic carbocycles. The standard InChI is InChI=1S/C13H11N5O2S/c19-12-2-1-5-15-18(12)7-6-14-13(20)9-3-4-10-11(8-9)17-21-16-10/h1-5,8H,6-7H2,(H,14,20). The van der Waals surface area contributed by atoms with Crippen LogP contribution in [0.3, 0.4) is 0 Å². The summed E-state index contributed by atoms with van der Waals surface area (Å²) in [5.41, 5.74) is 1.80. The highest BCUT2D eigenvalue weighted by Gasteiger charge is 2.07. The summed E-state index contributed by atoms with van der Waals surface area (Å²) in [5.74, 6) is -0.214. The van der Waals surface area contributed by atoms with Gasteiger partial charge in [-0.1, -0.05) is 0 Å². The van der Waals surface area contributed by atoms with Gasteiger partial charge in [-0.15, -0.1) is 0 Å². The first kappa shape index (κ1) is 13.4. The van der Waals surface area contributed by atoms with Gasteiger partial charge in [0.15, 0.2) is 0 Å². The van der Waals surface area contributed by atoms with Crippen LogP contribution in [0.25, 0.3) is 11.0 Å². The smallest absolute Gasteiger partial charge is 0.266 e. The van der Waals surface area contributed by atoms with Gasteiger partial charge in [0, 0.05) is 24.4 Å². The lowest BCUT2D eigenvalue weighted by atomic mass is 10.2. The predicted octanol–water partition coefficient (Wildman–Crippen LogP) is 0.678. The van der Waals surface area contributed by atoms with E-state index in [0.717, 1.165) is 17.2 Å². The first-order valence-electron chi connectivity index (χ1n) is 6.27. The van der Waals surface area contributed by atoms with Crippen molar-refractivity contribution in [2.45, 2.75) is 6.54 Å². The minimum Gasteiger partial charge on any atom is -0.350 e. The molecule has 0 spiro atoms. The highest BCUT2D eigenvalue weighted by atomic mass is 32.1. The number of aromatic nitrogens is 4. The second-order valence-electron chi connectivity index (χ2n) is 4.31. The molecule has 0 aliphatic rings. The summed E-state index contributed by atoms with van der Waals surface area (Å²) in [5, 5.41) is 6.67. The van der Waals surface area contributed by atoms with E-state index in [9.17, 15) is 9.59 Å². The lowest BCUT2D eigenvalue weighted by Crippen LogP contribution is -2.31. The van der Waals surface area contributed by atoms with Gasteiger partial charge in [0.05, 0.1) is 18.3 Å². The van der Waals surface area contributed by atoms with Crippen molar-refractivity contribution in [1.82, 2.24) is 23.8 Å². The van der Waals surface area contributed by atoms with E-state index in [1.54, 1.807) is 24.3 Å². The summed E-state index contributed by atoms with van der Waals surface area (Å²) in [4.78, 5) is 23.5.